The van der Waals surface area contributed by atoms with Gasteiger partial charge in [-0.1, -0.05) is 12.1 Å². The van der Waals surface area contributed by atoms with Gasteiger partial charge in [0.15, 0.2) is 11.5 Å². The SMILES string of the molecule is COC(=O)c1ccc(COC(=O)CNC(=O)c2ccc(OC)c(OC)c2)cc1. The summed E-state index contributed by atoms with van der Waals surface area (Å²) in [4.78, 5) is 35.4. The van der Waals surface area contributed by atoms with E-state index in [0.29, 0.717) is 28.2 Å². The van der Waals surface area contributed by atoms with E-state index in [-0.39, 0.29) is 13.2 Å². The highest BCUT2D eigenvalue weighted by atomic mass is 16.5. The first kappa shape index (κ1) is 20.8. The van der Waals surface area contributed by atoms with Gasteiger partial charge in [-0.25, -0.2) is 4.79 Å². The van der Waals surface area contributed by atoms with Crippen LogP contribution in [-0.4, -0.2) is 45.7 Å². The molecule has 0 aliphatic rings. The van der Waals surface area contributed by atoms with E-state index in [9.17, 15) is 14.4 Å². The van der Waals surface area contributed by atoms with Gasteiger partial charge in [0.25, 0.3) is 5.91 Å². The number of amides is 1. The van der Waals surface area contributed by atoms with Crippen molar-refractivity contribution in [2.24, 2.45) is 0 Å². The lowest BCUT2D eigenvalue weighted by atomic mass is 10.1. The second-order valence-electron chi connectivity index (χ2n) is 5.60. The molecule has 0 aromatic heterocycles. The summed E-state index contributed by atoms with van der Waals surface area (Å²) in [6, 6.07) is 11.1. The minimum Gasteiger partial charge on any atom is -0.493 e. The molecule has 0 atom stereocenters. The van der Waals surface area contributed by atoms with E-state index in [2.05, 4.69) is 10.1 Å². The Kier molecular flexibility index (Phi) is 7.38. The first-order chi connectivity index (χ1) is 13.5. The first-order valence-corrected chi connectivity index (χ1v) is 8.31. The van der Waals surface area contributed by atoms with Gasteiger partial charge in [0.1, 0.15) is 13.2 Å². The Morgan fingerprint density at radius 3 is 2.11 bits per heavy atom. The monoisotopic (exact) mass is 387 g/mol. The molecule has 0 bridgehead atoms. The Bertz CT molecular complexity index is 846. The Balaban J connectivity index is 1.83. The lowest BCUT2D eigenvalue weighted by Gasteiger charge is -2.10. The third-order valence-electron chi connectivity index (χ3n) is 3.81. The number of rotatable bonds is 8. The Hall–Kier alpha value is -3.55. The molecule has 28 heavy (non-hydrogen) atoms. The van der Waals surface area contributed by atoms with Gasteiger partial charge >= 0.3 is 11.9 Å². The summed E-state index contributed by atoms with van der Waals surface area (Å²) in [5, 5.41) is 2.48. The van der Waals surface area contributed by atoms with Gasteiger partial charge < -0.3 is 24.3 Å². The second-order valence-corrected chi connectivity index (χ2v) is 5.60. The number of methoxy groups -OCH3 is 3. The summed E-state index contributed by atoms with van der Waals surface area (Å²) in [5.74, 6) is -0.572. The van der Waals surface area contributed by atoms with E-state index in [1.54, 1.807) is 36.4 Å². The van der Waals surface area contributed by atoms with Crippen molar-refractivity contribution in [3.8, 4) is 11.5 Å². The maximum Gasteiger partial charge on any atom is 0.337 e. The molecule has 0 unspecified atom stereocenters. The number of hydrogen-bond donors (Lipinski definition) is 1. The summed E-state index contributed by atoms with van der Waals surface area (Å²) in [7, 11) is 4.26. The molecule has 1 N–H and O–H groups in total. The van der Waals surface area contributed by atoms with E-state index in [1.165, 1.54) is 27.4 Å². The van der Waals surface area contributed by atoms with Crippen molar-refractivity contribution in [2.75, 3.05) is 27.9 Å². The van der Waals surface area contributed by atoms with Crippen LogP contribution in [0.1, 0.15) is 26.3 Å². The van der Waals surface area contributed by atoms with E-state index in [4.69, 9.17) is 14.2 Å². The quantitative estimate of drug-likeness (QED) is 0.691. The van der Waals surface area contributed by atoms with Crippen molar-refractivity contribution in [1.82, 2.24) is 5.32 Å². The van der Waals surface area contributed by atoms with E-state index in [0.717, 1.165) is 0 Å². The lowest BCUT2D eigenvalue weighted by Crippen LogP contribution is -2.30. The highest BCUT2D eigenvalue weighted by molar-refractivity contribution is 5.96. The maximum absolute atomic E-state index is 12.2. The van der Waals surface area contributed by atoms with Gasteiger partial charge in [-0.3, -0.25) is 9.59 Å². The molecule has 0 aliphatic carbocycles. The number of ether oxygens (including phenoxy) is 4. The third-order valence-corrected chi connectivity index (χ3v) is 3.81. The average molecular weight is 387 g/mol. The average Bonchev–Trinajstić information content (AvgIpc) is 2.75. The predicted octanol–water partition coefficient (Wildman–Crippen LogP) is 1.96. The second kappa shape index (κ2) is 9.96. The number of hydrogen-bond acceptors (Lipinski definition) is 7. The highest BCUT2D eigenvalue weighted by Crippen LogP contribution is 2.27. The van der Waals surface area contributed by atoms with Crippen LogP contribution in [0.25, 0.3) is 0 Å². The standard InChI is InChI=1S/C20H21NO7/c1-25-16-9-8-15(10-17(16)26-2)19(23)21-11-18(22)28-12-13-4-6-14(7-5-13)20(24)27-3/h4-10H,11-12H2,1-3H3,(H,21,23). The fourth-order valence-corrected chi connectivity index (χ4v) is 2.30. The van der Waals surface area contributed by atoms with Crippen LogP contribution in [0, 0.1) is 0 Å². The molecule has 2 aromatic rings. The van der Waals surface area contributed by atoms with Crippen molar-refractivity contribution < 1.29 is 33.3 Å². The van der Waals surface area contributed by atoms with E-state index < -0.39 is 17.8 Å². The normalized spacial score (nSPS) is 9.96. The van der Waals surface area contributed by atoms with Crippen LogP contribution >= 0.6 is 0 Å². The summed E-state index contributed by atoms with van der Waals surface area (Å²) in [5.41, 5.74) is 1.43. The molecule has 0 saturated heterocycles. The third kappa shape index (κ3) is 5.47. The Labute approximate surface area is 162 Å². The zero-order chi connectivity index (χ0) is 20.5. The Morgan fingerprint density at radius 2 is 1.50 bits per heavy atom. The molecule has 0 saturated carbocycles. The summed E-state index contributed by atoms with van der Waals surface area (Å²) < 4.78 is 20.0. The minimum atomic E-state index is -0.592. The van der Waals surface area contributed by atoms with Crippen LogP contribution in [0.5, 0.6) is 11.5 Å². The van der Waals surface area contributed by atoms with Crippen LogP contribution in [0.15, 0.2) is 42.5 Å². The van der Waals surface area contributed by atoms with Gasteiger partial charge in [0.05, 0.1) is 26.9 Å². The predicted molar refractivity (Wildman–Crippen MR) is 99.5 cm³/mol. The van der Waals surface area contributed by atoms with E-state index in [1.807, 2.05) is 0 Å². The van der Waals surface area contributed by atoms with Crippen LogP contribution in [0.4, 0.5) is 0 Å². The van der Waals surface area contributed by atoms with Crippen LogP contribution in [0.2, 0.25) is 0 Å². The van der Waals surface area contributed by atoms with Gasteiger partial charge in [-0.15, -0.1) is 0 Å². The number of esters is 2. The zero-order valence-corrected chi connectivity index (χ0v) is 15.8. The largest absolute Gasteiger partial charge is 0.493 e. The molecule has 0 aliphatic heterocycles. The lowest BCUT2D eigenvalue weighted by molar-refractivity contribution is -0.143. The fraction of sp³-hybridized carbons (Fsp3) is 0.250. The van der Waals surface area contributed by atoms with Crippen molar-refractivity contribution >= 4 is 17.8 Å². The molecule has 0 heterocycles. The minimum absolute atomic E-state index is 0.0204. The van der Waals surface area contributed by atoms with Crippen LogP contribution in [0.3, 0.4) is 0 Å². The molecule has 0 spiro atoms. The molecule has 148 valence electrons. The maximum atomic E-state index is 12.2. The van der Waals surface area contributed by atoms with E-state index >= 15 is 0 Å². The van der Waals surface area contributed by atoms with Crippen molar-refractivity contribution in [2.45, 2.75) is 6.61 Å². The molecule has 0 radical (unpaired) electrons. The van der Waals surface area contributed by atoms with Crippen LogP contribution in [-0.2, 0) is 20.9 Å². The molecule has 8 nitrogen and oxygen atoms in total. The van der Waals surface area contributed by atoms with Gasteiger partial charge in [0.2, 0.25) is 0 Å². The smallest absolute Gasteiger partial charge is 0.337 e. The molecule has 2 aromatic carbocycles. The summed E-state index contributed by atoms with van der Waals surface area (Å²) in [6.45, 7) is -0.264. The number of carbonyl (C=O) groups is 3. The Morgan fingerprint density at radius 1 is 0.857 bits per heavy atom. The summed E-state index contributed by atoms with van der Waals surface area (Å²) >= 11 is 0. The summed E-state index contributed by atoms with van der Waals surface area (Å²) in [6.07, 6.45) is 0. The number of nitrogens with one attached hydrogen (secondary N) is 1. The van der Waals surface area contributed by atoms with Crippen molar-refractivity contribution in [3.63, 3.8) is 0 Å². The molecular formula is C20H21NO7. The molecular weight excluding hydrogens is 366 g/mol. The topological polar surface area (TPSA) is 100 Å². The first-order valence-electron chi connectivity index (χ1n) is 8.31. The van der Waals surface area contributed by atoms with Crippen molar-refractivity contribution in [1.29, 1.82) is 0 Å². The fourth-order valence-electron chi connectivity index (χ4n) is 2.30. The van der Waals surface area contributed by atoms with Gasteiger partial charge in [0, 0.05) is 5.56 Å². The molecule has 8 heteroatoms. The number of benzene rings is 2. The number of carbonyl (C=O) groups excluding carboxylic acids is 3. The van der Waals surface area contributed by atoms with Gasteiger partial charge in [-0.05, 0) is 35.9 Å². The highest BCUT2D eigenvalue weighted by Gasteiger charge is 2.13. The molecule has 0 fully saturated rings. The molecule has 1 amide bonds. The molecule has 2 rings (SSSR count). The van der Waals surface area contributed by atoms with Gasteiger partial charge in [-0.2, -0.15) is 0 Å². The van der Waals surface area contributed by atoms with Crippen molar-refractivity contribution in [3.05, 3.63) is 59.2 Å². The zero-order valence-electron chi connectivity index (χ0n) is 15.8. The van der Waals surface area contributed by atoms with Crippen LogP contribution < -0.4 is 14.8 Å².